The van der Waals surface area contributed by atoms with Gasteiger partial charge in [0.25, 0.3) is 5.91 Å². The average Bonchev–Trinajstić information content (AvgIpc) is 3.40. The lowest BCUT2D eigenvalue weighted by Gasteiger charge is -2.36. The first kappa shape index (κ1) is 14.9. The van der Waals surface area contributed by atoms with Gasteiger partial charge in [0.2, 0.25) is 0 Å². The second kappa shape index (κ2) is 5.78. The van der Waals surface area contributed by atoms with Crippen LogP contribution in [0.1, 0.15) is 31.2 Å². The zero-order valence-electron chi connectivity index (χ0n) is 13.4. The molecule has 0 N–H and O–H groups in total. The van der Waals surface area contributed by atoms with E-state index in [0.29, 0.717) is 5.56 Å². The lowest BCUT2D eigenvalue weighted by molar-refractivity contribution is -0.125. The quantitative estimate of drug-likeness (QED) is 0.784. The summed E-state index contributed by atoms with van der Waals surface area (Å²) in [5.74, 6) is 0.814. The fourth-order valence-electron chi connectivity index (χ4n) is 3.56. The Bertz CT molecular complexity index is 699. The Morgan fingerprint density at radius 1 is 1.08 bits per heavy atom. The van der Waals surface area contributed by atoms with E-state index in [4.69, 9.17) is 5.26 Å². The van der Waals surface area contributed by atoms with E-state index in [1.807, 2.05) is 6.07 Å². The van der Waals surface area contributed by atoms with Crippen molar-refractivity contribution in [1.82, 2.24) is 14.8 Å². The molecule has 3 aliphatic rings. The van der Waals surface area contributed by atoms with Gasteiger partial charge in [-0.1, -0.05) is 0 Å². The minimum absolute atomic E-state index is 0.0429. The van der Waals surface area contributed by atoms with Crippen LogP contribution < -0.4 is 4.90 Å². The maximum Gasteiger partial charge on any atom is 0.327 e. The Balaban J connectivity index is 1.38. The summed E-state index contributed by atoms with van der Waals surface area (Å²) >= 11 is 0. The van der Waals surface area contributed by atoms with Gasteiger partial charge in [-0.25, -0.2) is 9.78 Å². The molecule has 0 atom stereocenters. The Kier molecular flexibility index (Phi) is 3.60. The number of pyridine rings is 1. The van der Waals surface area contributed by atoms with Crippen LogP contribution in [0.25, 0.3) is 0 Å². The summed E-state index contributed by atoms with van der Waals surface area (Å²) in [4.78, 5) is 34.3. The first-order chi connectivity index (χ1) is 11.7. The highest BCUT2D eigenvalue weighted by Crippen LogP contribution is 2.32. The molecule has 1 aromatic heterocycles. The molecule has 3 amide bonds. The number of anilines is 1. The van der Waals surface area contributed by atoms with Crippen LogP contribution in [0, 0.1) is 11.3 Å². The molecule has 7 heteroatoms. The molecule has 0 bridgehead atoms. The minimum Gasteiger partial charge on any atom is -0.356 e. The molecule has 1 aromatic rings. The Labute approximate surface area is 140 Å². The van der Waals surface area contributed by atoms with Gasteiger partial charge in [0, 0.05) is 31.4 Å². The number of piperidine rings is 1. The number of imide groups is 1. The molecule has 1 aliphatic carbocycles. The van der Waals surface area contributed by atoms with Gasteiger partial charge >= 0.3 is 6.03 Å². The second-order valence-electron chi connectivity index (χ2n) is 6.64. The first-order valence-corrected chi connectivity index (χ1v) is 8.41. The Morgan fingerprint density at radius 3 is 2.42 bits per heavy atom. The number of amides is 3. The van der Waals surface area contributed by atoms with Crippen molar-refractivity contribution in [2.75, 3.05) is 24.5 Å². The summed E-state index contributed by atoms with van der Waals surface area (Å²) in [5, 5.41) is 8.83. The van der Waals surface area contributed by atoms with Gasteiger partial charge in [-0.3, -0.25) is 9.69 Å². The first-order valence-electron chi connectivity index (χ1n) is 8.41. The number of hydrogen-bond acceptors (Lipinski definition) is 5. The maximum absolute atomic E-state index is 12.5. The predicted molar refractivity (Wildman–Crippen MR) is 86.2 cm³/mol. The van der Waals surface area contributed by atoms with Crippen LogP contribution in [0.5, 0.6) is 0 Å². The number of rotatable bonds is 3. The van der Waals surface area contributed by atoms with Crippen LogP contribution in [0.3, 0.4) is 0 Å². The number of urea groups is 1. The monoisotopic (exact) mass is 325 g/mol. The lowest BCUT2D eigenvalue weighted by Crippen LogP contribution is -2.47. The third-order valence-electron chi connectivity index (χ3n) is 5.04. The highest BCUT2D eigenvalue weighted by Gasteiger charge is 2.47. The second-order valence-corrected chi connectivity index (χ2v) is 6.64. The number of carbonyl (C=O) groups excluding carboxylic acids is 2. The number of hydrogen-bond donors (Lipinski definition) is 0. The lowest BCUT2D eigenvalue weighted by atomic mass is 10.0. The highest BCUT2D eigenvalue weighted by molar-refractivity contribution is 6.02. The summed E-state index contributed by atoms with van der Waals surface area (Å²) in [6.45, 7) is 1.82. The summed E-state index contributed by atoms with van der Waals surface area (Å²) in [6, 6.07) is 5.87. The van der Waals surface area contributed by atoms with E-state index in [1.165, 1.54) is 4.90 Å². The van der Waals surface area contributed by atoms with E-state index < -0.39 is 0 Å². The molecule has 0 spiro atoms. The molecule has 4 rings (SSSR count). The van der Waals surface area contributed by atoms with Crippen LogP contribution in [0.15, 0.2) is 18.3 Å². The standard InChI is InChI=1S/C17H19N5O2/c18-9-12-1-4-15(19-10-12)20-7-5-13(6-8-20)21-11-16(23)22(17(21)24)14-2-3-14/h1,4,10,13-14H,2-3,5-8,11H2. The summed E-state index contributed by atoms with van der Waals surface area (Å²) in [5.41, 5.74) is 0.551. The van der Waals surface area contributed by atoms with E-state index in [9.17, 15) is 9.59 Å². The van der Waals surface area contributed by atoms with Crippen molar-refractivity contribution in [3.05, 3.63) is 23.9 Å². The molecule has 24 heavy (non-hydrogen) atoms. The maximum atomic E-state index is 12.5. The molecule has 7 nitrogen and oxygen atoms in total. The van der Waals surface area contributed by atoms with Gasteiger partial charge in [-0.2, -0.15) is 5.26 Å². The summed E-state index contributed by atoms with van der Waals surface area (Å²) < 4.78 is 0. The molecule has 3 heterocycles. The molecule has 124 valence electrons. The third-order valence-corrected chi connectivity index (χ3v) is 5.04. The molecule has 1 saturated carbocycles. The van der Waals surface area contributed by atoms with Gasteiger partial charge in [0.1, 0.15) is 18.4 Å². The van der Waals surface area contributed by atoms with Gasteiger partial charge in [0.15, 0.2) is 0 Å². The predicted octanol–water partition coefficient (Wildman–Crippen LogP) is 1.35. The molecule has 3 fully saturated rings. The number of nitrogens with zero attached hydrogens (tertiary/aromatic N) is 5. The normalized spacial score (nSPS) is 22.2. The molecular formula is C17H19N5O2. The average molecular weight is 325 g/mol. The van der Waals surface area contributed by atoms with Crippen molar-refractivity contribution in [3.8, 4) is 6.07 Å². The number of nitriles is 1. The smallest absolute Gasteiger partial charge is 0.327 e. The molecule has 0 aromatic carbocycles. The van der Waals surface area contributed by atoms with E-state index in [-0.39, 0.29) is 30.6 Å². The van der Waals surface area contributed by atoms with Gasteiger partial charge < -0.3 is 9.80 Å². The fourth-order valence-corrected chi connectivity index (χ4v) is 3.56. The van der Waals surface area contributed by atoms with Crippen molar-refractivity contribution in [2.45, 2.75) is 37.8 Å². The van der Waals surface area contributed by atoms with Gasteiger partial charge in [-0.15, -0.1) is 0 Å². The number of carbonyl (C=O) groups is 2. The van der Waals surface area contributed by atoms with Crippen LogP contribution in [0.2, 0.25) is 0 Å². The van der Waals surface area contributed by atoms with Gasteiger partial charge in [-0.05, 0) is 37.8 Å². The Hall–Kier alpha value is -2.62. The highest BCUT2D eigenvalue weighted by atomic mass is 16.2. The van der Waals surface area contributed by atoms with E-state index >= 15 is 0 Å². The molecule has 2 aliphatic heterocycles. The molecule has 0 unspecified atom stereocenters. The Morgan fingerprint density at radius 2 is 1.83 bits per heavy atom. The van der Waals surface area contributed by atoms with Crippen molar-refractivity contribution in [3.63, 3.8) is 0 Å². The summed E-state index contributed by atoms with van der Waals surface area (Å²) in [6.07, 6.45) is 5.15. The van der Waals surface area contributed by atoms with E-state index in [2.05, 4.69) is 16.0 Å². The zero-order valence-corrected chi connectivity index (χ0v) is 13.4. The van der Waals surface area contributed by atoms with Crippen LogP contribution >= 0.6 is 0 Å². The third kappa shape index (κ3) is 2.58. The van der Waals surface area contributed by atoms with Crippen molar-refractivity contribution in [2.24, 2.45) is 0 Å². The van der Waals surface area contributed by atoms with E-state index in [1.54, 1.807) is 17.2 Å². The SMILES string of the molecule is N#Cc1ccc(N2CCC(N3CC(=O)N(C4CC4)C3=O)CC2)nc1. The zero-order chi connectivity index (χ0) is 16.7. The van der Waals surface area contributed by atoms with Crippen molar-refractivity contribution in [1.29, 1.82) is 5.26 Å². The van der Waals surface area contributed by atoms with Crippen LogP contribution in [-0.2, 0) is 4.79 Å². The molecular weight excluding hydrogens is 306 g/mol. The topological polar surface area (TPSA) is 80.5 Å². The van der Waals surface area contributed by atoms with Crippen LogP contribution in [-0.4, -0.2) is 58.4 Å². The summed E-state index contributed by atoms with van der Waals surface area (Å²) in [7, 11) is 0. The van der Waals surface area contributed by atoms with Crippen molar-refractivity contribution >= 4 is 17.8 Å². The van der Waals surface area contributed by atoms with E-state index in [0.717, 1.165) is 44.6 Å². The molecule has 2 saturated heterocycles. The largest absolute Gasteiger partial charge is 0.356 e. The van der Waals surface area contributed by atoms with Crippen molar-refractivity contribution < 1.29 is 9.59 Å². The van der Waals surface area contributed by atoms with Gasteiger partial charge in [0.05, 0.1) is 5.56 Å². The fraction of sp³-hybridized carbons (Fsp3) is 0.529. The molecule has 0 radical (unpaired) electrons. The van der Waals surface area contributed by atoms with Crippen LogP contribution in [0.4, 0.5) is 10.6 Å². The minimum atomic E-state index is -0.0996. The number of aromatic nitrogens is 1.